The van der Waals surface area contributed by atoms with Gasteiger partial charge in [-0.2, -0.15) is 0 Å². The van der Waals surface area contributed by atoms with Crippen molar-refractivity contribution in [3.8, 4) is 0 Å². The molecule has 0 N–H and O–H groups in total. The van der Waals surface area contributed by atoms with Crippen molar-refractivity contribution in [2.45, 2.75) is 27.2 Å². The van der Waals surface area contributed by atoms with E-state index in [0.717, 1.165) is 29.7 Å². The number of rotatable bonds is 1. The first-order valence-electron chi connectivity index (χ1n) is 6.43. The van der Waals surface area contributed by atoms with Crippen LogP contribution >= 0.6 is 0 Å². The molecule has 0 amide bonds. The molecule has 0 aromatic heterocycles. The molecule has 3 rings (SSSR count). The lowest BCUT2D eigenvalue weighted by molar-refractivity contribution is 0.322. The minimum atomic E-state index is -0.128. The third kappa shape index (κ3) is 1.82. The van der Waals surface area contributed by atoms with Crippen molar-refractivity contribution in [3.63, 3.8) is 0 Å². The molecule has 1 fully saturated rings. The Morgan fingerprint density at radius 1 is 1.24 bits per heavy atom. The highest BCUT2D eigenvalue weighted by Crippen LogP contribution is 2.64. The summed E-state index contributed by atoms with van der Waals surface area (Å²) in [5.74, 6) is 2.26. The topological polar surface area (TPSA) is 0 Å². The minimum absolute atomic E-state index is 0.128. The van der Waals surface area contributed by atoms with Crippen LogP contribution < -0.4 is 0 Å². The summed E-state index contributed by atoms with van der Waals surface area (Å²) in [6, 6.07) is 6.99. The number of allylic oxidation sites excluding steroid dienone is 2. The second-order valence-electron chi connectivity index (χ2n) is 6.54. The molecule has 0 heterocycles. The Bertz CT molecular complexity index is 479. The molecule has 1 aromatic rings. The van der Waals surface area contributed by atoms with Gasteiger partial charge in [-0.1, -0.05) is 39.0 Å². The average molecular weight is 230 g/mol. The first kappa shape index (κ1) is 11.0. The van der Waals surface area contributed by atoms with Crippen molar-refractivity contribution in [2.24, 2.45) is 23.2 Å². The second-order valence-corrected chi connectivity index (χ2v) is 6.54. The zero-order valence-electron chi connectivity index (χ0n) is 10.7. The maximum atomic E-state index is 13.2. The molecule has 0 nitrogen and oxygen atoms in total. The van der Waals surface area contributed by atoms with E-state index in [1.165, 1.54) is 11.6 Å². The van der Waals surface area contributed by atoms with E-state index in [1.807, 2.05) is 6.07 Å². The number of benzene rings is 1. The Kier molecular flexibility index (Phi) is 2.23. The molecule has 0 saturated heterocycles. The summed E-state index contributed by atoms with van der Waals surface area (Å²) in [6.07, 6.45) is 3.52. The van der Waals surface area contributed by atoms with Crippen molar-refractivity contribution in [1.29, 1.82) is 0 Å². The van der Waals surface area contributed by atoms with Crippen LogP contribution in [0.25, 0.3) is 5.57 Å². The third-order valence-corrected chi connectivity index (χ3v) is 4.27. The summed E-state index contributed by atoms with van der Waals surface area (Å²) in [4.78, 5) is 0. The third-order valence-electron chi connectivity index (χ3n) is 4.27. The van der Waals surface area contributed by atoms with E-state index >= 15 is 0 Å². The van der Waals surface area contributed by atoms with E-state index in [2.05, 4.69) is 26.8 Å². The molecule has 1 aromatic carbocycles. The molecular formula is C16H19F. The molecule has 3 unspecified atom stereocenters. The lowest BCUT2D eigenvalue weighted by Gasteiger charge is -2.20. The predicted molar refractivity (Wildman–Crippen MR) is 68.9 cm³/mol. The lowest BCUT2D eigenvalue weighted by atomic mass is 9.85. The zero-order chi connectivity index (χ0) is 12.2. The number of halogens is 1. The SMILES string of the molecule is CC(C)(C)C1C2C=C(c3cccc(F)c3)CC21. The normalized spacial score (nSPS) is 31.1. The van der Waals surface area contributed by atoms with Gasteiger partial charge in [0.15, 0.2) is 0 Å². The van der Waals surface area contributed by atoms with Crippen molar-refractivity contribution in [3.05, 3.63) is 41.7 Å². The van der Waals surface area contributed by atoms with Crippen molar-refractivity contribution in [2.75, 3.05) is 0 Å². The minimum Gasteiger partial charge on any atom is -0.207 e. The van der Waals surface area contributed by atoms with Crippen LogP contribution in [0.3, 0.4) is 0 Å². The van der Waals surface area contributed by atoms with Crippen LogP contribution in [0, 0.1) is 29.0 Å². The van der Waals surface area contributed by atoms with Crippen LogP contribution in [-0.4, -0.2) is 0 Å². The summed E-state index contributed by atoms with van der Waals surface area (Å²) in [7, 11) is 0. The maximum Gasteiger partial charge on any atom is 0.123 e. The fourth-order valence-electron chi connectivity index (χ4n) is 3.57. The van der Waals surface area contributed by atoms with Crippen molar-refractivity contribution < 1.29 is 4.39 Å². The van der Waals surface area contributed by atoms with E-state index in [-0.39, 0.29) is 5.82 Å². The van der Waals surface area contributed by atoms with Crippen molar-refractivity contribution >= 4 is 5.57 Å². The smallest absolute Gasteiger partial charge is 0.123 e. The summed E-state index contributed by atoms with van der Waals surface area (Å²) >= 11 is 0. The van der Waals surface area contributed by atoms with Crippen LogP contribution in [0.2, 0.25) is 0 Å². The molecule has 2 aliphatic carbocycles. The number of hydrogen-bond donors (Lipinski definition) is 0. The average Bonchev–Trinajstić information content (AvgIpc) is 2.77. The standard InChI is InChI=1S/C16H19F/c1-16(2,3)15-13-8-11(9-14(13)15)10-5-4-6-12(17)7-10/h4-8,13-15H,9H2,1-3H3. The van der Waals surface area contributed by atoms with Crippen LogP contribution in [0.1, 0.15) is 32.8 Å². The second kappa shape index (κ2) is 3.44. The quantitative estimate of drug-likeness (QED) is 0.665. The summed E-state index contributed by atoms with van der Waals surface area (Å²) in [5, 5.41) is 0. The molecule has 1 heteroatoms. The van der Waals surface area contributed by atoms with E-state index in [0.29, 0.717) is 5.41 Å². The maximum absolute atomic E-state index is 13.2. The lowest BCUT2D eigenvalue weighted by Crippen LogP contribution is -2.11. The highest BCUT2D eigenvalue weighted by Gasteiger charge is 2.56. The first-order valence-corrected chi connectivity index (χ1v) is 6.43. The Hall–Kier alpha value is -1.11. The Labute approximate surface area is 103 Å². The number of fused-ring (bicyclic) bond motifs is 1. The molecule has 0 aliphatic heterocycles. The van der Waals surface area contributed by atoms with Gasteiger partial charge in [-0.05, 0) is 52.9 Å². The highest BCUT2D eigenvalue weighted by atomic mass is 19.1. The van der Waals surface area contributed by atoms with Crippen LogP contribution in [0.15, 0.2) is 30.3 Å². The zero-order valence-corrected chi connectivity index (χ0v) is 10.7. The number of hydrogen-bond acceptors (Lipinski definition) is 0. The molecule has 3 atom stereocenters. The van der Waals surface area contributed by atoms with Gasteiger partial charge in [-0.25, -0.2) is 4.39 Å². The molecular weight excluding hydrogens is 211 g/mol. The van der Waals surface area contributed by atoms with Gasteiger partial charge >= 0.3 is 0 Å². The van der Waals surface area contributed by atoms with Gasteiger partial charge in [0.1, 0.15) is 5.82 Å². The molecule has 0 radical (unpaired) electrons. The molecule has 90 valence electrons. The highest BCUT2D eigenvalue weighted by molar-refractivity contribution is 5.70. The van der Waals surface area contributed by atoms with Crippen LogP contribution in [-0.2, 0) is 0 Å². The summed E-state index contributed by atoms with van der Waals surface area (Å²) < 4.78 is 13.2. The summed E-state index contributed by atoms with van der Waals surface area (Å²) in [6.45, 7) is 6.98. The van der Waals surface area contributed by atoms with Gasteiger partial charge in [0.2, 0.25) is 0 Å². The fourth-order valence-corrected chi connectivity index (χ4v) is 3.57. The predicted octanol–water partition coefficient (Wildman–Crippen LogP) is 4.52. The Balaban J connectivity index is 1.81. The van der Waals surface area contributed by atoms with E-state index < -0.39 is 0 Å². The van der Waals surface area contributed by atoms with Crippen molar-refractivity contribution in [1.82, 2.24) is 0 Å². The van der Waals surface area contributed by atoms with E-state index in [4.69, 9.17) is 0 Å². The Morgan fingerprint density at radius 3 is 2.53 bits per heavy atom. The van der Waals surface area contributed by atoms with Gasteiger partial charge in [0.25, 0.3) is 0 Å². The fraction of sp³-hybridized carbons (Fsp3) is 0.500. The van der Waals surface area contributed by atoms with Crippen LogP contribution in [0.5, 0.6) is 0 Å². The van der Waals surface area contributed by atoms with Gasteiger partial charge < -0.3 is 0 Å². The molecule has 0 spiro atoms. The molecule has 17 heavy (non-hydrogen) atoms. The largest absolute Gasteiger partial charge is 0.207 e. The monoisotopic (exact) mass is 230 g/mol. The molecule has 2 aliphatic rings. The Morgan fingerprint density at radius 2 is 2.00 bits per heavy atom. The van der Waals surface area contributed by atoms with Crippen LogP contribution in [0.4, 0.5) is 4.39 Å². The van der Waals surface area contributed by atoms with Gasteiger partial charge in [-0.15, -0.1) is 0 Å². The van der Waals surface area contributed by atoms with E-state index in [9.17, 15) is 4.39 Å². The first-order chi connectivity index (χ1) is 7.97. The molecule has 0 bridgehead atoms. The summed E-state index contributed by atoms with van der Waals surface area (Å²) in [5.41, 5.74) is 2.84. The van der Waals surface area contributed by atoms with Gasteiger partial charge in [0, 0.05) is 0 Å². The van der Waals surface area contributed by atoms with E-state index in [1.54, 1.807) is 12.1 Å². The van der Waals surface area contributed by atoms with Gasteiger partial charge in [0.05, 0.1) is 0 Å². The molecule has 1 saturated carbocycles. The van der Waals surface area contributed by atoms with Gasteiger partial charge in [-0.3, -0.25) is 0 Å².